The number of nitrogens with one attached hydrogen (secondary N) is 3. The molecule has 0 amide bonds. The summed E-state index contributed by atoms with van der Waals surface area (Å²) in [7, 11) is 3.20. The fourth-order valence-electron chi connectivity index (χ4n) is 6.84. The van der Waals surface area contributed by atoms with E-state index in [4.69, 9.17) is 9.47 Å². The summed E-state index contributed by atoms with van der Waals surface area (Å²) in [5, 5.41) is 31.1. The molecule has 0 bridgehead atoms. The lowest BCUT2D eigenvalue weighted by Gasteiger charge is -2.31. The Morgan fingerprint density at radius 2 is 1.15 bits per heavy atom. The van der Waals surface area contributed by atoms with Gasteiger partial charge in [-0.25, -0.2) is 0 Å². The first-order valence-corrected chi connectivity index (χ1v) is 18.9. The van der Waals surface area contributed by atoms with Crippen molar-refractivity contribution in [1.29, 1.82) is 0 Å². The Morgan fingerprint density at radius 3 is 1.56 bits per heavy atom. The van der Waals surface area contributed by atoms with Crippen molar-refractivity contribution >= 4 is 34.3 Å². The molecule has 4 aromatic rings. The van der Waals surface area contributed by atoms with Gasteiger partial charge in [-0.3, -0.25) is 44.7 Å². The molecule has 2 fully saturated rings. The van der Waals surface area contributed by atoms with Crippen LogP contribution < -0.4 is 25.4 Å². The van der Waals surface area contributed by atoms with Gasteiger partial charge < -0.3 is 25.4 Å². The van der Waals surface area contributed by atoms with E-state index in [9.17, 15) is 43.0 Å². The van der Waals surface area contributed by atoms with E-state index in [0.29, 0.717) is 52.9 Å². The van der Waals surface area contributed by atoms with Gasteiger partial charge >= 0.3 is 6.18 Å². The average Bonchev–Trinajstić information content (AvgIpc) is 3.21. The number of Topliss-reactive ketones (excluding diaryl/α,β-unsaturated/α-hetero) is 2. The van der Waals surface area contributed by atoms with E-state index >= 15 is 0 Å². The topological polar surface area (TPSA) is 204 Å². The number of aromatic nitrogens is 2. The quantitative estimate of drug-likeness (QED) is 0.0806. The maximum atomic E-state index is 12.6. The van der Waals surface area contributed by atoms with Crippen LogP contribution in [0.3, 0.4) is 0 Å². The van der Waals surface area contributed by atoms with Crippen LogP contribution in [0.5, 0.6) is 23.0 Å². The minimum Gasteiger partial charge on any atom is -0.457 e. The van der Waals surface area contributed by atoms with Crippen LogP contribution in [0.4, 0.5) is 35.9 Å². The number of ether oxygens (including phenoxy) is 2. The zero-order valence-corrected chi connectivity index (χ0v) is 32.5. The summed E-state index contributed by atoms with van der Waals surface area (Å²) in [6.07, 6.45) is 1.60. The van der Waals surface area contributed by atoms with Crippen LogP contribution in [0.1, 0.15) is 37.1 Å². The fourth-order valence-corrected chi connectivity index (χ4v) is 6.84. The third-order valence-corrected chi connectivity index (χ3v) is 9.87. The highest BCUT2D eigenvalue weighted by Gasteiger charge is 2.34. The second-order valence-corrected chi connectivity index (χ2v) is 14.0. The molecule has 4 heterocycles. The first-order valence-electron chi connectivity index (χ1n) is 18.9. The molecule has 0 atom stereocenters. The Bertz CT molecular complexity index is 2110. The van der Waals surface area contributed by atoms with Crippen molar-refractivity contribution in [2.75, 3.05) is 57.5 Å². The van der Waals surface area contributed by atoms with Crippen molar-refractivity contribution in [1.82, 2.24) is 20.2 Å². The van der Waals surface area contributed by atoms with Crippen molar-refractivity contribution in [3.63, 3.8) is 0 Å². The molecular weight excluding hydrogens is 777 g/mol. The minimum atomic E-state index is -4.24. The molecule has 2 aromatic heterocycles. The molecule has 3 N–H and O–H groups in total. The normalized spacial score (nSPS) is 15.0. The van der Waals surface area contributed by atoms with Gasteiger partial charge in [-0.15, -0.1) is 0 Å². The van der Waals surface area contributed by atoms with Gasteiger partial charge in [-0.05, 0) is 88.3 Å². The van der Waals surface area contributed by atoms with Gasteiger partial charge in [0.25, 0.3) is 11.4 Å². The van der Waals surface area contributed by atoms with E-state index in [2.05, 4.69) is 25.9 Å². The predicted molar refractivity (Wildman–Crippen MR) is 212 cm³/mol. The second kappa shape index (κ2) is 20.5. The summed E-state index contributed by atoms with van der Waals surface area (Å²) in [5.74, 6) is 1.36. The number of alkyl halides is 3. The summed E-state index contributed by atoms with van der Waals surface area (Å²) in [4.78, 5) is 56.2. The molecule has 0 radical (unpaired) electrons. The van der Waals surface area contributed by atoms with Gasteiger partial charge in [0.15, 0.2) is 0 Å². The highest BCUT2D eigenvalue weighted by molar-refractivity contribution is 5.83. The van der Waals surface area contributed by atoms with E-state index in [1.807, 2.05) is 0 Å². The summed E-state index contributed by atoms with van der Waals surface area (Å²) in [6, 6.07) is 15.5. The molecule has 0 unspecified atom stereocenters. The number of pyridine rings is 2. The maximum absolute atomic E-state index is 12.6. The summed E-state index contributed by atoms with van der Waals surface area (Å²) in [5.41, 5.74) is 1.67. The molecule has 0 aliphatic carbocycles. The lowest BCUT2D eigenvalue weighted by molar-refractivity contribution is -0.384. The molecule has 16 nitrogen and oxygen atoms in total. The van der Waals surface area contributed by atoms with Crippen molar-refractivity contribution in [2.45, 2.75) is 44.7 Å². The van der Waals surface area contributed by atoms with E-state index in [0.717, 1.165) is 25.9 Å². The highest BCUT2D eigenvalue weighted by Crippen LogP contribution is 2.33. The number of nitro groups is 2. The number of rotatable bonds is 15. The van der Waals surface area contributed by atoms with Crippen LogP contribution in [0.2, 0.25) is 0 Å². The Hall–Kier alpha value is -6.21. The molecule has 0 saturated carbocycles. The number of likely N-dealkylation sites (tertiary alicyclic amines) is 1. The molecule has 2 aliphatic heterocycles. The second-order valence-electron chi connectivity index (χ2n) is 14.0. The van der Waals surface area contributed by atoms with E-state index in [1.54, 1.807) is 62.8 Å². The number of ketones is 2. The third-order valence-electron chi connectivity index (χ3n) is 9.87. The third kappa shape index (κ3) is 13.2. The SMILES string of the molecule is CNc1ccc(Oc2ccnc(CC(=O)C3CCN(CC(F)(F)F)CC3)c2)cc1[N+](=O)[O-].CNc1ccc(Oc2ccnc(CC(=O)C3CCNCC3)c2)cc1[N+](=O)[O-]. The lowest BCUT2D eigenvalue weighted by Crippen LogP contribution is -2.41. The number of nitro benzene ring substituents is 2. The molecule has 2 aromatic carbocycles. The molecule has 19 heteroatoms. The zero-order valence-electron chi connectivity index (χ0n) is 32.5. The number of benzene rings is 2. The van der Waals surface area contributed by atoms with Crippen LogP contribution in [-0.2, 0) is 22.4 Å². The number of nitrogens with zero attached hydrogens (tertiary/aromatic N) is 5. The standard InChI is InChI=1S/C21H23F3N4O4.C19H22N4O4/c1-25-18-3-2-16(12-19(18)28(30)31)32-17-4-7-26-15(10-17)11-20(29)14-5-8-27(9-6-14)13-21(22,23)24;1-20-17-3-2-15(12-18(17)23(25)26)27-16-6-9-22-14(10-16)11-19(24)13-4-7-21-8-5-13/h2-4,7,10,12,14,25H,5-6,8-9,11,13H2,1H3;2-3,6,9-10,12-13,20-21H,4-5,7-8,11H2,1H3. The first kappa shape index (κ1) is 43.9. The molecule has 0 spiro atoms. The predicted octanol–water partition coefficient (Wildman–Crippen LogP) is 7.14. The number of halogens is 3. The molecule has 314 valence electrons. The monoisotopic (exact) mass is 822 g/mol. The van der Waals surface area contributed by atoms with Crippen LogP contribution in [0.15, 0.2) is 73.1 Å². The summed E-state index contributed by atoms with van der Waals surface area (Å²) in [6.45, 7) is 1.24. The van der Waals surface area contributed by atoms with Crippen LogP contribution in [-0.4, -0.2) is 89.3 Å². The number of hydrogen-bond donors (Lipinski definition) is 3. The maximum Gasteiger partial charge on any atom is 0.401 e. The van der Waals surface area contributed by atoms with E-state index in [-0.39, 0.29) is 66.5 Å². The van der Waals surface area contributed by atoms with E-state index in [1.165, 1.54) is 29.3 Å². The largest absolute Gasteiger partial charge is 0.457 e. The van der Waals surface area contributed by atoms with Crippen LogP contribution >= 0.6 is 0 Å². The summed E-state index contributed by atoms with van der Waals surface area (Å²) < 4.78 is 49.0. The number of anilines is 2. The Balaban J connectivity index is 0.000000227. The van der Waals surface area contributed by atoms with Crippen LogP contribution in [0.25, 0.3) is 0 Å². The molecule has 6 rings (SSSR count). The van der Waals surface area contributed by atoms with Gasteiger partial charge in [0.05, 0.1) is 39.9 Å². The molecule has 59 heavy (non-hydrogen) atoms. The van der Waals surface area contributed by atoms with Gasteiger partial charge in [0.1, 0.15) is 45.9 Å². The smallest absolute Gasteiger partial charge is 0.401 e. The van der Waals surface area contributed by atoms with Crippen molar-refractivity contribution in [3.8, 4) is 23.0 Å². The average molecular weight is 823 g/mol. The fraction of sp³-hybridized carbons (Fsp3) is 0.400. The Morgan fingerprint density at radius 1 is 0.729 bits per heavy atom. The van der Waals surface area contributed by atoms with Crippen molar-refractivity contribution in [2.24, 2.45) is 11.8 Å². The Kier molecular flexibility index (Phi) is 15.2. The van der Waals surface area contributed by atoms with Crippen LogP contribution in [0, 0.1) is 32.1 Å². The van der Waals surface area contributed by atoms with Gasteiger partial charge in [-0.2, -0.15) is 13.2 Å². The highest BCUT2D eigenvalue weighted by atomic mass is 19.4. The lowest BCUT2D eigenvalue weighted by atomic mass is 9.90. The zero-order chi connectivity index (χ0) is 42.5. The molecule has 2 saturated heterocycles. The number of piperidine rings is 2. The number of carbonyl (C=O) groups is 2. The molecule has 2 aliphatic rings. The minimum absolute atomic E-state index is 0.0416. The van der Waals surface area contributed by atoms with Gasteiger partial charge in [0.2, 0.25) is 0 Å². The number of hydrogen-bond acceptors (Lipinski definition) is 14. The van der Waals surface area contributed by atoms with Gasteiger partial charge in [0, 0.05) is 63.3 Å². The number of carbonyl (C=O) groups excluding carboxylic acids is 2. The van der Waals surface area contributed by atoms with Crippen molar-refractivity contribution in [3.05, 3.63) is 105 Å². The van der Waals surface area contributed by atoms with Crippen molar-refractivity contribution < 1.29 is 42.1 Å². The van der Waals surface area contributed by atoms with E-state index < -0.39 is 22.6 Å². The Labute approximate surface area is 337 Å². The first-order chi connectivity index (χ1) is 28.2. The molecular formula is C40H45F3N8O8. The summed E-state index contributed by atoms with van der Waals surface area (Å²) >= 11 is 0. The van der Waals surface area contributed by atoms with Gasteiger partial charge in [-0.1, -0.05) is 0 Å².